The lowest BCUT2D eigenvalue weighted by Gasteiger charge is -2.07. The van der Waals surface area contributed by atoms with Crippen LogP contribution in [0.3, 0.4) is 0 Å². The molecular formula is C13H13BrClN. The summed E-state index contributed by atoms with van der Waals surface area (Å²) in [6.07, 6.45) is 1.64. The van der Waals surface area contributed by atoms with Crippen molar-refractivity contribution < 1.29 is 0 Å². The van der Waals surface area contributed by atoms with Gasteiger partial charge in [0.2, 0.25) is 0 Å². The molecule has 0 aromatic heterocycles. The molecular weight excluding hydrogens is 286 g/mol. The first-order valence-corrected chi connectivity index (χ1v) is 6.32. The van der Waals surface area contributed by atoms with Gasteiger partial charge < -0.3 is 0 Å². The zero-order valence-electron chi connectivity index (χ0n) is 9.35. The highest BCUT2D eigenvalue weighted by Gasteiger charge is 2.09. The van der Waals surface area contributed by atoms with Gasteiger partial charge in [-0.2, -0.15) is 5.26 Å². The lowest BCUT2D eigenvalue weighted by atomic mass is 10.1. The van der Waals surface area contributed by atoms with Crippen LogP contribution in [0.2, 0.25) is 0 Å². The molecule has 0 atom stereocenters. The normalized spacial score (nSPS) is 11.9. The summed E-state index contributed by atoms with van der Waals surface area (Å²) in [5, 5.41) is 9.60. The summed E-state index contributed by atoms with van der Waals surface area (Å²) >= 11 is 9.71. The molecule has 0 aliphatic carbocycles. The Morgan fingerprint density at radius 2 is 2.19 bits per heavy atom. The van der Waals surface area contributed by atoms with Gasteiger partial charge in [-0.25, -0.2) is 0 Å². The van der Waals surface area contributed by atoms with E-state index in [1.807, 2.05) is 32.0 Å². The van der Waals surface area contributed by atoms with Crippen molar-refractivity contribution in [2.75, 3.05) is 0 Å². The SMILES string of the molecule is CCC/C(C#N)=C(/Cl)c1cc(C)ccc1Br. The van der Waals surface area contributed by atoms with E-state index < -0.39 is 0 Å². The zero-order chi connectivity index (χ0) is 12.1. The molecule has 3 heteroatoms. The number of benzene rings is 1. The topological polar surface area (TPSA) is 23.8 Å². The Labute approximate surface area is 110 Å². The van der Waals surface area contributed by atoms with Crippen LogP contribution in [-0.4, -0.2) is 0 Å². The molecule has 0 bridgehead atoms. The van der Waals surface area contributed by atoms with E-state index in [1.54, 1.807) is 0 Å². The van der Waals surface area contributed by atoms with Gasteiger partial charge in [-0.1, -0.05) is 52.5 Å². The Hall–Kier alpha value is -0.780. The van der Waals surface area contributed by atoms with Crippen LogP contribution in [0, 0.1) is 18.3 Å². The molecule has 0 heterocycles. The predicted octanol–water partition coefficient (Wildman–Crippen LogP) is 5.03. The Morgan fingerprint density at radius 1 is 1.50 bits per heavy atom. The quantitative estimate of drug-likeness (QED) is 0.718. The van der Waals surface area contributed by atoms with Gasteiger partial charge in [-0.05, 0) is 25.5 Å². The maximum Gasteiger partial charge on any atom is 0.0962 e. The standard InChI is InChI=1S/C13H13BrClN/c1-3-4-10(8-16)13(15)11-7-9(2)5-6-12(11)14/h5-7H,3-4H2,1-2H3/b13-10-. The van der Waals surface area contributed by atoms with Gasteiger partial charge in [-0.15, -0.1) is 0 Å². The second-order valence-corrected chi connectivity index (χ2v) is 4.87. The summed E-state index contributed by atoms with van der Waals surface area (Å²) in [5.41, 5.74) is 2.67. The van der Waals surface area contributed by atoms with E-state index >= 15 is 0 Å². The fourth-order valence-corrected chi connectivity index (χ4v) is 2.29. The molecule has 1 aromatic carbocycles. The first-order valence-electron chi connectivity index (χ1n) is 5.15. The molecule has 0 radical (unpaired) electrons. The van der Waals surface area contributed by atoms with E-state index in [9.17, 15) is 0 Å². The lowest BCUT2D eigenvalue weighted by molar-refractivity contribution is 0.933. The predicted molar refractivity (Wildman–Crippen MR) is 72.2 cm³/mol. The summed E-state index contributed by atoms with van der Waals surface area (Å²) in [4.78, 5) is 0. The highest BCUT2D eigenvalue weighted by molar-refractivity contribution is 9.10. The average molecular weight is 299 g/mol. The van der Waals surface area contributed by atoms with E-state index in [1.165, 1.54) is 0 Å². The zero-order valence-corrected chi connectivity index (χ0v) is 11.7. The van der Waals surface area contributed by atoms with Gasteiger partial charge in [0.05, 0.1) is 11.1 Å². The molecule has 0 amide bonds. The minimum atomic E-state index is 0.555. The number of hydrogen-bond donors (Lipinski definition) is 0. The molecule has 1 rings (SSSR count). The van der Waals surface area contributed by atoms with Crippen molar-refractivity contribution in [3.63, 3.8) is 0 Å². The highest BCUT2D eigenvalue weighted by atomic mass is 79.9. The highest BCUT2D eigenvalue weighted by Crippen LogP contribution is 2.31. The Balaban J connectivity index is 3.27. The summed E-state index contributed by atoms with van der Waals surface area (Å²) in [6, 6.07) is 8.12. The van der Waals surface area contributed by atoms with Crippen molar-refractivity contribution in [3.8, 4) is 6.07 Å². The minimum Gasteiger partial charge on any atom is -0.193 e. The summed E-state index contributed by atoms with van der Waals surface area (Å²) in [5.74, 6) is 0. The molecule has 16 heavy (non-hydrogen) atoms. The molecule has 84 valence electrons. The van der Waals surface area contributed by atoms with E-state index in [2.05, 4.69) is 22.0 Å². The smallest absolute Gasteiger partial charge is 0.0962 e. The molecule has 0 N–H and O–H groups in total. The molecule has 1 nitrogen and oxygen atoms in total. The fourth-order valence-electron chi connectivity index (χ4n) is 1.43. The Bertz CT molecular complexity index is 457. The molecule has 0 unspecified atom stereocenters. The van der Waals surface area contributed by atoms with Crippen LogP contribution in [0.25, 0.3) is 5.03 Å². The van der Waals surface area contributed by atoms with E-state index in [0.29, 0.717) is 10.6 Å². The van der Waals surface area contributed by atoms with Crippen LogP contribution in [0.4, 0.5) is 0 Å². The third-order valence-corrected chi connectivity index (χ3v) is 3.38. The second kappa shape index (κ2) is 6.08. The van der Waals surface area contributed by atoms with Crippen LogP contribution in [0.15, 0.2) is 28.2 Å². The monoisotopic (exact) mass is 297 g/mol. The summed E-state index contributed by atoms with van der Waals surface area (Å²) in [7, 11) is 0. The summed E-state index contributed by atoms with van der Waals surface area (Å²) < 4.78 is 0.923. The first-order chi connectivity index (χ1) is 7.60. The van der Waals surface area contributed by atoms with Crippen LogP contribution in [0.5, 0.6) is 0 Å². The molecule has 0 aliphatic heterocycles. The Kier molecular flexibility index (Phi) is 5.05. The van der Waals surface area contributed by atoms with Crippen molar-refractivity contribution in [1.29, 1.82) is 5.26 Å². The molecule has 0 saturated heterocycles. The van der Waals surface area contributed by atoms with Crippen LogP contribution < -0.4 is 0 Å². The van der Waals surface area contributed by atoms with Crippen molar-refractivity contribution in [2.24, 2.45) is 0 Å². The summed E-state index contributed by atoms with van der Waals surface area (Å²) in [6.45, 7) is 4.04. The number of nitriles is 1. The number of hydrogen-bond acceptors (Lipinski definition) is 1. The minimum absolute atomic E-state index is 0.555. The van der Waals surface area contributed by atoms with Crippen molar-refractivity contribution >= 4 is 32.6 Å². The second-order valence-electron chi connectivity index (χ2n) is 3.64. The molecule has 0 spiro atoms. The van der Waals surface area contributed by atoms with Crippen LogP contribution in [0.1, 0.15) is 30.9 Å². The van der Waals surface area contributed by atoms with Gasteiger partial charge >= 0.3 is 0 Å². The third kappa shape index (κ3) is 3.10. The number of nitrogens with zero attached hydrogens (tertiary/aromatic N) is 1. The fraction of sp³-hybridized carbons (Fsp3) is 0.308. The largest absolute Gasteiger partial charge is 0.193 e. The number of allylic oxidation sites excluding steroid dienone is 1. The van der Waals surface area contributed by atoms with Crippen molar-refractivity contribution in [2.45, 2.75) is 26.7 Å². The van der Waals surface area contributed by atoms with E-state index in [4.69, 9.17) is 16.9 Å². The van der Waals surface area contributed by atoms with Gasteiger partial charge in [0, 0.05) is 15.6 Å². The third-order valence-electron chi connectivity index (χ3n) is 2.26. The van der Waals surface area contributed by atoms with Crippen molar-refractivity contribution in [3.05, 3.63) is 39.4 Å². The van der Waals surface area contributed by atoms with Crippen molar-refractivity contribution in [1.82, 2.24) is 0 Å². The molecule has 0 saturated carbocycles. The van der Waals surface area contributed by atoms with Gasteiger partial charge in [0.1, 0.15) is 0 Å². The van der Waals surface area contributed by atoms with Gasteiger partial charge in [0.25, 0.3) is 0 Å². The molecule has 1 aromatic rings. The van der Waals surface area contributed by atoms with Crippen LogP contribution >= 0.6 is 27.5 Å². The average Bonchev–Trinajstić information content (AvgIpc) is 2.28. The molecule has 0 fully saturated rings. The first kappa shape index (κ1) is 13.3. The number of halogens is 2. The number of rotatable bonds is 3. The van der Waals surface area contributed by atoms with Crippen LogP contribution in [-0.2, 0) is 0 Å². The van der Waals surface area contributed by atoms with Gasteiger partial charge in [0.15, 0.2) is 0 Å². The van der Waals surface area contributed by atoms with E-state index in [0.717, 1.165) is 28.4 Å². The Morgan fingerprint density at radius 3 is 2.75 bits per heavy atom. The molecule has 0 aliphatic rings. The maximum absolute atomic E-state index is 9.04. The lowest BCUT2D eigenvalue weighted by Crippen LogP contribution is -1.88. The number of aryl methyl sites for hydroxylation is 1. The van der Waals surface area contributed by atoms with Gasteiger partial charge in [-0.3, -0.25) is 0 Å². The maximum atomic E-state index is 9.04. The van der Waals surface area contributed by atoms with E-state index in [-0.39, 0.29) is 0 Å².